The number of benzene rings is 1. The first-order chi connectivity index (χ1) is 6.69. The second-order valence-electron chi connectivity index (χ2n) is 2.81. The van der Waals surface area contributed by atoms with Crippen LogP contribution in [0.1, 0.15) is 16.8 Å². The van der Waals surface area contributed by atoms with Crippen LogP contribution in [0.2, 0.25) is 0 Å². The topological polar surface area (TPSA) is 52.3 Å². The van der Waals surface area contributed by atoms with Crippen molar-refractivity contribution in [1.29, 1.82) is 0 Å². The molecule has 0 saturated carbocycles. The summed E-state index contributed by atoms with van der Waals surface area (Å²) in [4.78, 5) is 11.5. The molecule has 1 aromatic rings. The van der Waals surface area contributed by atoms with Gasteiger partial charge < -0.3 is 10.5 Å². The van der Waals surface area contributed by atoms with Crippen LogP contribution in [0, 0.1) is 0 Å². The number of ketones is 1. The van der Waals surface area contributed by atoms with Gasteiger partial charge in [0.25, 0.3) is 0 Å². The van der Waals surface area contributed by atoms with Crippen molar-refractivity contribution in [2.45, 2.75) is 6.42 Å². The molecule has 0 heterocycles. The lowest BCUT2D eigenvalue weighted by Gasteiger charge is -2.04. The van der Waals surface area contributed by atoms with Crippen LogP contribution < -0.4 is 10.5 Å². The molecule has 0 unspecified atom stereocenters. The van der Waals surface area contributed by atoms with Crippen LogP contribution in [0.25, 0.3) is 0 Å². The molecule has 0 fully saturated rings. The maximum absolute atomic E-state index is 11.5. The second kappa shape index (κ2) is 5.12. The molecule has 1 aromatic carbocycles. The number of rotatable bonds is 4. The van der Waals surface area contributed by atoms with Crippen LogP contribution in [0.4, 0.5) is 0 Å². The number of methoxy groups -OCH3 is 1. The monoisotopic (exact) mass is 257 g/mol. The van der Waals surface area contributed by atoms with Gasteiger partial charge in [0.2, 0.25) is 0 Å². The highest BCUT2D eigenvalue weighted by molar-refractivity contribution is 9.10. The Morgan fingerprint density at radius 1 is 1.57 bits per heavy atom. The van der Waals surface area contributed by atoms with Gasteiger partial charge in [-0.25, -0.2) is 0 Å². The Kier molecular flexibility index (Phi) is 4.10. The lowest BCUT2D eigenvalue weighted by atomic mass is 10.1. The predicted molar refractivity (Wildman–Crippen MR) is 58.7 cm³/mol. The number of halogens is 1. The van der Waals surface area contributed by atoms with Gasteiger partial charge in [-0.05, 0) is 40.7 Å². The van der Waals surface area contributed by atoms with Gasteiger partial charge in [-0.1, -0.05) is 0 Å². The Balaban J connectivity index is 2.91. The van der Waals surface area contributed by atoms with Crippen molar-refractivity contribution in [3.05, 3.63) is 28.2 Å². The van der Waals surface area contributed by atoms with E-state index >= 15 is 0 Å². The fourth-order valence-corrected chi connectivity index (χ4v) is 1.66. The zero-order chi connectivity index (χ0) is 10.6. The first-order valence-corrected chi connectivity index (χ1v) is 5.05. The summed E-state index contributed by atoms with van der Waals surface area (Å²) in [7, 11) is 1.58. The van der Waals surface area contributed by atoms with Crippen LogP contribution >= 0.6 is 15.9 Å². The van der Waals surface area contributed by atoms with E-state index in [4.69, 9.17) is 10.5 Å². The van der Waals surface area contributed by atoms with Crippen molar-refractivity contribution >= 4 is 21.7 Å². The van der Waals surface area contributed by atoms with E-state index in [-0.39, 0.29) is 5.78 Å². The summed E-state index contributed by atoms with van der Waals surface area (Å²) < 4.78 is 5.84. The standard InChI is InChI=1S/C10H12BrNO2/c1-14-10-3-2-7(6-8(10)11)9(13)4-5-12/h2-3,6H,4-5,12H2,1H3. The molecular weight excluding hydrogens is 246 g/mol. The minimum Gasteiger partial charge on any atom is -0.496 e. The molecule has 0 amide bonds. The van der Waals surface area contributed by atoms with Gasteiger partial charge in [-0.15, -0.1) is 0 Å². The molecule has 0 aromatic heterocycles. The quantitative estimate of drug-likeness (QED) is 0.840. The van der Waals surface area contributed by atoms with Gasteiger partial charge in [0, 0.05) is 12.0 Å². The zero-order valence-corrected chi connectivity index (χ0v) is 9.50. The summed E-state index contributed by atoms with van der Waals surface area (Å²) in [5.74, 6) is 0.769. The molecule has 0 bridgehead atoms. The Labute approximate surface area is 91.4 Å². The van der Waals surface area contributed by atoms with Crippen molar-refractivity contribution < 1.29 is 9.53 Å². The van der Waals surface area contributed by atoms with Gasteiger partial charge in [-0.2, -0.15) is 0 Å². The normalized spacial score (nSPS) is 9.93. The van der Waals surface area contributed by atoms with E-state index in [0.717, 1.165) is 4.47 Å². The van der Waals surface area contributed by atoms with E-state index in [1.165, 1.54) is 0 Å². The summed E-state index contributed by atoms with van der Waals surface area (Å²) in [6, 6.07) is 5.24. The summed E-state index contributed by atoms with van der Waals surface area (Å²) in [6.07, 6.45) is 0.374. The molecule has 2 N–H and O–H groups in total. The summed E-state index contributed by atoms with van der Waals surface area (Å²) >= 11 is 3.32. The third-order valence-corrected chi connectivity index (χ3v) is 2.46. The van der Waals surface area contributed by atoms with E-state index in [1.807, 2.05) is 0 Å². The Bertz CT molecular complexity index is 339. The number of hydrogen-bond donors (Lipinski definition) is 1. The van der Waals surface area contributed by atoms with Crippen molar-refractivity contribution in [3.8, 4) is 5.75 Å². The molecular formula is C10H12BrNO2. The zero-order valence-electron chi connectivity index (χ0n) is 7.92. The molecule has 3 nitrogen and oxygen atoms in total. The van der Waals surface area contributed by atoms with E-state index in [2.05, 4.69) is 15.9 Å². The maximum atomic E-state index is 11.5. The number of Topliss-reactive ketones (excluding diaryl/α,β-unsaturated/α-hetero) is 1. The highest BCUT2D eigenvalue weighted by atomic mass is 79.9. The first-order valence-electron chi connectivity index (χ1n) is 4.26. The fraction of sp³-hybridized carbons (Fsp3) is 0.300. The summed E-state index contributed by atoms with van der Waals surface area (Å²) in [5.41, 5.74) is 5.96. The average molecular weight is 258 g/mol. The summed E-state index contributed by atoms with van der Waals surface area (Å²) in [6.45, 7) is 0.377. The Morgan fingerprint density at radius 3 is 2.79 bits per heavy atom. The highest BCUT2D eigenvalue weighted by Crippen LogP contribution is 2.25. The lowest BCUT2D eigenvalue weighted by molar-refractivity contribution is 0.0985. The van der Waals surface area contributed by atoms with Crippen molar-refractivity contribution in [2.24, 2.45) is 5.73 Å². The van der Waals surface area contributed by atoms with Crippen LogP contribution in [0.15, 0.2) is 22.7 Å². The summed E-state index contributed by atoms with van der Waals surface area (Å²) in [5, 5.41) is 0. The third-order valence-electron chi connectivity index (χ3n) is 1.85. The Hall–Kier alpha value is -0.870. The van der Waals surface area contributed by atoms with Crippen LogP contribution in [0.5, 0.6) is 5.75 Å². The van der Waals surface area contributed by atoms with E-state index in [1.54, 1.807) is 25.3 Å². The third kappa shape index (κ3) is 2.56. The molecule has 76 valence electrons. The largest absolute Gasteiger partial charge is 0.496 e. The maximum Gasteiger partial charge on any atom is 0.164 e. The second-order valence-corrected chi connectivity index (χ2v) is 3.67. The van der Waals surface area contributed by atoms with E-state index < -0.39 is 0 Å². The molecule has 0 saturated heterocycles. The molecule has 14 heavy (non-hydrogen) atoms. The molecule has 0 radical (unpaired) electrons. The van der Waals surface area contributed by atoms with Crippen molar-refractivity contribution in [3.63, 3.8) is 0 Å². The molecule has 0 spiro atoms. The smallest absolute Gasteiger partial charge is 0.164 e. The average Bonchev–Trinajstić information content (AvgIpc) is 2.18. The van der Waals surface area contributed by atoms with Crippen molar-refractivity contribution in [2.75, 3.05) is 13.7 Å². The predicted octanol–water partition coefficient (Wildman–Crippen LogP) is 1.99. The van der Waals surface area contributed by atoms with Gasteiger partial charge in [-0.3, -0.25) is 4.79 Å². The number of carbonyl (C=O) groups excluding carboxylic acids is 1. The number of ether oxygens (including phenoxy) is 1. The van der Waals surface area contributed by atoms with E-state index in [0.29, 0.717) is 24.3 Å². The number of hydrogen-bond acceptors (Lipinski definition) is 3. The highest BCUT2D eigenvalue weighted by Gasteiger charge is 2.07. The van der Waals surface area contributed by atoms with Gasteiger partial charge in [0.05, 0.1) is 11.6 Å². The van der Waals surface area contributed by atoms with Gasteiger partial charge in [0.15, 0.2) is 5.78 Å². The SMILES string of the molecule is COc1ccc(C(=O)CCN)cc1Br. The van der Waals surface area contributed by atoms with E-state index in [9.17, 15) is 4.79 Å². The fourth-order valence-electron chi connectivity index (χ4n) is 1.12. The van der Waals surface area contributed by atoms with Gasteiger partial charge >= 0.3 is 0 Å². The van der Waals surface area contributed by atoms with Crippen LogP contribution in [0.3, 0.4) is 0 Å². The number of carbonyl (C=O) groups is 1. The first kappa shape index (κ1) is 11.2. The molecule has 0 aliphatic rings. The Morgan fingerprint density at radius 2 is 2.29 bits per heavy atom. The lowest BCUT2D eigenvalue weighted by Crippen LogP contribution is -2.08. The molecule has 0 aliphatic carbocycles. The molecule has 0 aliphatic heterocycles. The van der Waals surface area contributed by atoms with Crippen molar-refractivity contribution in [1.82, 2.24) is 0 Å². The minimum atomic E-state index is 0.0517. The molecule has 4 heteroatoms. The van der Waals surface area contributed by atoms with Crippen LogP contribution in [-0.2, 0) is 0 Å². The number of nitrogens with two attached hydrogens (primary N) is 1. The molecule has 1 rings (SSSR count). The minimum absolute atomic E-state index is 0.0517. The van der Waals surface area contributed by atoms with Crippen LogP contribution in [-0.4, -0.2) is 19.4 Å². The van der Waals surface area contributed by atoms with Gasteiger partial charge in [0.1, 0.15) is 5.75 Å². The molecule has 0 atom stereocenters.